The fourth-order valence-corrected chi connectivity index (χ4v) is 3.78. The van der Waals surface area contributed by atoms with E-state index in [2.05, 4.69) is 10.6 Å². The zero-order chi connectivity index (χ0) is 22.4. The minimum absolute atomic E-state index is 0.00803. The first-order chi connectivity index (χ1) is 14.8. The van der Waals surface area contributed by atoms with E-state index in [4.69, 9.17) is 34.8 Å². The van der Waals surface area contributed by atoms with Crippen molar-refractivity contribution >= 4 is 58.0 Å². The summed E-state index contributed by atoms with van der Waals surface area (Å²) in [5.74, 6) is -0.573. The van der Waals surface area contributed by atoms with Gasteiger partial charge in [0.15, 0.2) is 0 Å². The van der Waals surface area contributed by atoms with Gasteiger partial charge in [-0.25, -0.2) is 0 Å². The summed E-state index contributed by atoms with van der Waals surface area (Å²) in [6, 6.07) is 20.1. The van der Waals surface area contributed by atoms with E-state index < -0.39 is 6.04 Å². The molecule has 0 saturated carbocycles. The van der Waals surface area contributed by atoms with E-state index in [1.807, 2.05) is 30.3 Å². The van der Waals surface area contributed by atoms with Crippen LogP contribution in [0.15, 0.2) is 72.8 Å². The molecule has 0 bridgehead atoms. The largest absolute Gasteiger partial charge is 0.325 e. The Morgan fingerprint density at radius 3 is 2.03 bits per heavy atom. The molecule has 0 aliphatic carbocycles. The van der Waals surface area contributed by atoms with Crippen LogP contribution >= 0.6 is 34.8 Å². The molecule has 8 heteroatoms. The van der Waals surface area contributed by atoms with E-state index >= 15 is 0 Å². The summed E-state index contributed by atoms with van der Waals surface area (Å²) in [6.45, 7) is -0.00803. The van der Waals surface area contributed by atoms with Crippen molar-refractivity contribution in [3.8, 4) is 0 Å². The summed E-state index contributed by atoms with van der Waals surface area (Å²) in [4.78, 5) is 27.4. The number of likely N-dealkylation sites (N-methyl/N-ethyl adjacent to an activating group) is 1. The lowest BCUT2D eigenvalue weighted by Gasteiger charge is -2.27. The van der Waals surface area contributed by atoms with Crippen molar-refractivity contribution in [3.05, 3.63) is 93.4 Å². The SMILES string of the molecule is CN(CC(=O)Nc1ccc(Cl)cc1)[C@H](C(=O)Nc1cc(Cl)cc(Cl)c1)c1ccccc1. The topological polar surface area (TPSA) is 61.4 Å². The molecule has 2 N–H and O–H groups in total. The van der Waals surface area contributed by atoms with Gasteiger partial charge in [-0.2, -0.15) is 0 Å². The molecule has 0 saturated heterocycles. The van der Waals surface area contributed by atoms with E-state index in [-0.39, 0.29) is 18.4 Å². The average Bonchev–Trinajstić information content (AvgIpc) is 2.70. The molecule has 0 aliphatic rings. The van der Waals surface area contributed by atoms with Gasteiger partial charge in [-0.3, -0.25) is 14.5 Å². The standard InChI is InChI=1S/C23H20Cl3N3O2/c1-29(14-21(30)27-19-9-7-16(24)8-10-19)22(15-5-3-2-4-6-15)23(31)28-20-12-17(25)11-18(26)13-20/h2-13,22H,14H2,1H3,(H,27,30)(H,28,31)/t22-/m0/s1. The molecular formula is C23H20Cl3N3O2. The summed E-state index contributed by atoms with van der Waals surface area (Å²) < 4.78 is 0. The highest BCUT2D eigenvalue weighted by Crippen LogP contribution is 2.26. The van der Waals surface area contributed by atoms with Crippen molar-refractivity contribution in [2.75, 3.05) is 24.2 Å². The molecule has 3 rings (SSSR count). The maximum absolute atomic E-state index is 13.2. The van der Waals surface area contributed by atoms with Crippen LogP contribution in [0.1, 0.15) is 11.6 Å². The van der Waals surface area contributed by atoms with E-state index in [9.17, 15) is 9.59 Å². The van der Waals surface area contributed by atoms with Crippen LogP contribution in [-0.4, -0.2) is 30.3 Å². The van der Waals surface area contributed by atoms with Crippen molar-refractivity contribution in [1.29, 1.82) is 0 Å². The summed E-state index contributed by atoms with van der Waals surface area (Å²) >= 11 is 18.0. The predicted molar refractivity (Wildman–Crippen MR) is 127 cm³/mol. The number of halogens is 3. The predicted octanol–water partition coefficient (Wildman–Crippen LogP) is 5.90. The van der Waals surface area contributed by atoms with Crippen LogP contribution in [0.2, 0.25) is 15.1 Å². The Bertz CT molecular complexity index is 1040. The van der Waals surface area contributed by atoms with Gasteiger partial charge in [0.25, 0.3) is 0 Å². The summed E-state index contributed by atoms with van der Waals surface area (Å²) in [7, 11) is 1.71. The van der Waals surface area contributed by atoms with Crippen LogP contribution in [0.4, 0.5) is 11.4 Å². The first-order valence-corrected chi connectivity index (χ1v) is 10.5. The van der Waals surface area contributed by atoms with Crippen LogP contribution in [0.25, 0.3) is 0 Å². The number of rotatable bonds is 7. The molecule has 0 fully saturated rings. The van der Waals surface area contributed by atoms with Gasteiger partial charge >= 0.3 is 0 Å². The van der Waals surface area contributed by atoms with Crippen molar-refractivity contribution in [1.82, 2.24) is 4.90 Å². The molecule has 5 nitrogen and oxygen atoms in total. The molecule has 0 aliphatic heterocycles. The molecule has 3 aromatic rings. The second-order valence-electron chi connectivity index (χ2n) is 6.93. The van der Waals surface area contributed by atoms with Crippen LogP contribution in [0.3, 0.4) is 0 Å². The van der Waals surface area contributed by atoms with Gasteiger partial charge in [0.1, 0.15) is 6.04 Å². The summed E-state index contributed by atoms with van der Waals surface area (Å²) in [6.07, 6.45) is 0. The normalized spacial score (nSPS) is 11.8. The van der Waals surface area contributed by atoms with Crippen molar-refractivity contribution in [2.24, 2.45) is 0 Å². The molecule has 0 unspecified atom stereocenters. The second kappa shape index (κ2) is 10.6. The van der Waals surface area contributed by atoms with E-state index in [1.54, 1.807) is 54.4 Å². The number of amides is 2. The summed E-state index contributed by atoms with van der Waals surface area (Å²) in [5.41, 5.74) is 1.84. The van der Waals surface area contributed by atoms with Crippen molar-refractivity contribution in [2.45, 2.75) is 6.04 Å². The highest BCUT2D eigenvalue weighted by molar-refractivity contribution is 6.35. The van der Waals surface area contributed by atoms with Gasteiger partial charge in [0.2, 0.25) is 11.8 Å². The lowest BCUT2D eigenvalue weighted by Crippen LogP contribution is -2.39. The quantitative estimate of drug-likeness (QED) is 0.446. The van der Waals surface area contributed by atoms with Gasteiger partial charge in [0.05, 0.1) is 6.54 Å². The van der Waals surface area contributed by atoms with E-state index in [0.717, 1.165) is 5.56 Å². The van der Waals surface area contributed by atoms with Gasteiger partial charge in [-0.1, -0.05) is 65.1 Å². The Balaban J connectivity index is 1.77. The molecule has 0 heterocycles. The lowest BCUT2D eigenvalue weighted by molar-refractivity contribution is -0.123. The zero-order valence-electron chi connectivity index (χ0n) is 16.6. The molecule has 0 aromatic heterocycles. The zero-order valence-corrected chi connectivity index (χ0v) is 18.9. The number of hydrogen-bond donors (Lipinski definition) is 2. The monoisotopic (exact) mass is 475 g/mol. The van der Waals surface area contributed by atoms with Crippen LogP contribution in [-0.2, 0) is 9.59 Å². The number of benzene rings is 3. The fraction of sp³-hybridized carbons (Fsp3) is 0.130. The molecule has 3 aromatic carbocycles. The number of carbonyl (C=O) groups excluding carboxylic acids is 2. The molecule has 1 atom stereocenters. The third-order valence-electron chi connectivity index (χ3n) is 4.46. The fourth-order valence-electron chi connectivity index (χ4n) is 3.13. The Kier molecular flexibility index (Phi) is 7.93. The number of nitrogens with zero attached hydrogens (tertiary/aromatic N) is 1. The third kappa shape index (κ3) is 6.71. The molecule has 160 valence electrons. The number of hydrogen-bond acceptors (Lipinski definition) is 3. The Morgan fingerprint density at radius 2 is 1.42 bits per heavy atom. The van der Waals surface area contributed by atoms with E-state index in [0.29, 0.717) is 26.4 Å². The highest BCUT2D eigenvalue weighted by atomic mass is 35.5. The van der Waals surface area contributed by atoms with E-state index in [1.165, 1.54) is 0 Å². The van der Waals surface area contributed by atoms with Crippen molar-refractivity contribution < 1.29 is 9.59 Å². The van der Waals surface area contributed by atoms with Crippen LogP contribution in [0.5, 0.6) is 0 Å². The van der Waals surface area contributed by atoms with Crippen molar-refractivity contribution in [3.63, 3.8) is 0 Å². The molecule has 2 amide bonds. The Morgan fingerprint density at radius 1 is 0.806 bits per heavy atom. The maximum atomic E-state index is 13.2. The Labute approximate surface area is 195 Å². The van der Waals surface area contributed by atoms with Gasteiger partial charge in [-0.15, -0.1) is 0 Å². The first-order valence-electron chi connectivity index (χ1n) is 9.39. The highest BCUT2D eigenvalue weighted by Gasteiger charge is 2.27. The van der Waals surface area contributed by atoms with Gasteiger partial charge in [-0.05, 0) is 55.1 Å². The number of carbonyl (C=O) groups is 2. The van der Waals surface area contributed by atoms with Gasteiger partial charge in [0, 0.05) is 26.4 Å². The number of nitrogens with one attached hydrogen (secondary N) is 2. The first kappa shape index (κ1) is 23.1. The average molecular weight is 477 g/mol. The molecular weight excluding hydrogens is 457 g/mol. The lowest BCUT2D eigenvalue weighted by atomic mass is 10.0. The summed E-state index contributed by atoms with van der Waals surface area (Å²) in [5, 5.41) is 7.04. The second-order valence-corrected chi connectivity index (χ2v) is 8.24. The molecule has 0 spiro atoms. The minimum atomic E-state index is -0.713. The number of anilines is 2. The third-order valence-corrected chi connectivity index (χ3v) is 5.14. The Hall–Kier alpha value is -2.57. The van der Waals surface area contributed by atoms with Crippen LogP contribution < -0.4 is 10.6 Å². The maximum Gasteiger partial charge on any atom is 0.246 e. The smallest absolute Gasteiger partial charge is 0.246 e. The van der Waals surface area contributed by atoms with Gasteiger partial charge < -0.3 is 10.6 Å². The molecule has 31 heavy (non-hydrogen) atoms. The minimum Gasteiger partial charge on any atom is -0.325 e. The molecule has 0 radical (unpaired) electrons. The van der Waals surface area contributed by atoms with Crippen LogP contribution in [0, 0.1) is 0 Å².